The van der Waals surface area contributed by atoms with Crippen molar-refractivity contribution >= 4 is 46.9 Å². The fraction of sp³-hybridized carbons (Fsp3) is 0.209. The molecule has 4 atom stereocenters. The first-order valence-corrected chi connectivity index (χ1v) is 19.0. The van der Waals surface area contributed by atoms with E-state index < -0.39 is 66.3 Å². The van der Waals surface area contributed by atoms with Crippen LogP contribution in [0.5, 0.6) is 5.75 Å². The Balaban J connectivity index is 1.33. The molecule has 2 aliphatic heterocycles. The summed E-state index contributed by atoms with van der Waals surface area (Å²) in [6.45, 7) is -0.419. The largest absolute Gasteiger partial charge is 0.484 e. The van der Waals surface area contributed by atoms with E-state index in [0.717, 1.165) is 16.0 Å². The van der Waals surface area contributed by atoms with Gasteiger partial charge >= 0.3 is 11.9 Å². The van der Waals surface area contributed by atoms with E-state index in [-0.39, 0.29) is 31.2 Å². The van der Waals surface area contributed by atoms with E-state index in [1.807, 2.05) is 17.5 Å². The Labute approximate surface area is 332 Å². The lowest BCUT2D eigenvalue weighted by atomic mass is 9.98. The highest BCUT2D eigenvalue weighted by atomic mass is 32.1. The molecule has 292 valence electrons. The second-order valence-electron chi connectivity index (χ2n) is 13.5. The number of ether oxygens (including phenoxy) is 1. The van der Waals surface area contributed by atoms with E-state index in [0.29, 0.717) is 22.4 Å². The maximum atomic E-state index is 14.3. The first-order chi connectivity index (χ1) is 27.5. The Kier molecular flexibility index (Phi) is 13.1. The van der Waals surface area contributed by atoms with Crippen molar-refractivity contribution in [2.45, 2.75) is 49.9 Å². The van der Waals surface area contributed by atoms with Crippen LogP contribution in [0.4, 0.5) is 0 Å². The summed E-state index contributed by atoms with van der Waals surface area (Å²) in [6.07, 6.45) is 0.0494. The normalized spacial score (nSPS) is 19.4. The van der Waals surface area contributed by atoms with E-state index in [2.05, 4.69) is 21.3 Å². The molecule has 14 heteroatoms. The highest BCUT2D eigenvalue weighted by molar-refractivity contribution is 7.09. The molecule has 3 heterocycles. The lowest BCUT2D eigenvalue weighted by molar-refractivity contribution is -0.142. The second kappa shape index (κ2) is 18.7. The monoisotopic (exact) mass is 788 g/mol. The van der Waals surface area contributed by atoms with Gasteiger partial charge in [0.2, 0.25) is 17.7 Å². The molecule has 0 spiro atoms. The fourth-order valence-corrected chi connectivity index (χ4v) is 7.09. The van der Waals surface area contributed by atoms with Gasteiger partial charge in [-0.1, -0.05) is 84.9 Å². The summed E-state index contributed by atoms with van der Waals surface area (Å²) >= 11 is 1.40. The van der Waals surface area contributed by atoms with Gasteiger partial charge in [0.05, 0.1) is 5.56 Å². The summed E-state index contributed by atoms with van der Waals surface area (Å²) in [6, 6.07) is 27.6. The van der Waals surface area contributed by atoms with Crippen LogP contribution in [0.25, 0.3) is 11.1 Å². The topological polar surface area (TPSA) is 200 Å². The number of nitrogens with one attached hydrogen (secondary N) is 4. The number of hydrogen-bond acceptors (Lipinski definition) is 8. The molecule has 0 radical (unpaired) electrons. The van der Waals surface area contributed by atoms with Gasteiger partial charge in [0.25, 0.3) is 5.91 Å². The number of thiophene rings is 1. The number of aliphatic carboxylic acids is 1. The molecule has 13 nitrogen and oxygen atoms in total. The molecule has 5 aromatic rings. The number of benzene rings is 4. The second-order valence-corrected chi connectivity index (χ2v) is 14.6. The summed E-state index contributed by atoms with van der Waals surface area (Å²) in [5.74, 6) is -4.65. The van der Waals surface area contributed by atoms with Gasteiger partial charge in [-0.25, -0.2) is 9.59 Å². The van der Waals surface area contributed by atoms with Crippen LogP contribution in [-0.4, -0.2) is 76.6 Å². The molecular weight excluding hydrogens is 749 g/mol. The van der Waals surface area contributed by atoms with Gasteiger partial charge < -0.3 is 36.2 Å². The zero-order chi connectivity index (χ0) is 40.3. The molecule has 1 aromatic heterocycles. The minimum atomic E-state index is -1.35. The van der Waals surface area contributed by atoms with Crippen molar-refractivity contribution in [1.29, 1.82) is 0 Å². The molecule has 6 N–H and O–H groups in total. The minimum absolute atomic E-state index is 0.0177. The van der Waals surface area contributed by atoms with Crippen LogP contribution in [0.3, 0.4) is 0 Å². The predicted octanol–water partition coefficient (Wildman–Crippen LogP) is 3.80. The smallest absolute Gasteiger partial charge is 0.335 e. The molecule has 0 unspecified atom stereocenters. The maximum Gasteiger partial charge on any atom is 0.335 e. The van der Waals surface area contributed by atoms with Gasteiger partial charge in [-0.05, 0) is 63.5 Å². The van der Waals surface area contributed by atoms with Crippen molar-refractivity contribution in [3.63, 3.8) is 0 Å². The molecule has 2 aliphatic rings. The van der Waals surface area contributed by atoms with Crippen molar-refractivity contribution in [2.75, 3.05) is 6.61 Å². The summed E-state index contributed by atoms with van der Waals surface area (Å²) in [5.41, 5.74) is 3.63. The molecule has 2 bridgehead atoms. The van der Waals surface area contributed by atoms with Crippen molar-refractivity contribution < 1.29 is 43.7 Å². The number of carbonyl (C=O) groups is 6. The fourth-order valence-electron chi connectivity index (χ4n) is 6.34. The minimum Gasteiger partial charge on any atom is -0.484 e. The van der Waals surface area contributed by atoms with E-state index in [1.54, 1.807) is 91.0 Å². The third-order valence-electron chi connectivity index (χ3n) is 9.39. The number of aromatic carboxylic acids is 1. The maximum absolute atomic E-state index is 14.3. The summed E-state index contributed by atoms with van der Waals surface area (Å²) in [7, 11) is 0. The van der Waals surface area contributed by atoms with Crippen LogP contribution in [0.1, 0.15) is 31.9 Å². The Hall–Kier alpha value is -6.80. The lowest BCUT2D eigenvalue weighted by Gasteiger charge is -2.26. The van der Waals surface area contributed by atoms with Crippen LogP contribution in [0.2, 0.25) is 0 Å². The Morgan fingerprint density at radius 2 is 1.18 bits per heavy atom. The Bertz CT molecular complexity index is 2190. The summed E-state index contributed by atoms with van der Waals surface area (Å²) < 4.78 is 5.68. The van der Waals surface area contributed by atoms with Crippen molar-refractivity contribution in [3.05, 3.63) is 148 Å². The summed E-state index contributed by atoms with van der Waals surface area (Å²) in [5, 5.41) is 32.2. The van der Waals surface area contributed by atoms with Gasteiger partial charge in [-0.15, -0.1) is 11.3 Å². The van der Waals surface area contributed by atoms with E-state index in [1.165, 1.54) is 23.5 Å². The number of fused-ring (bicyclic) bond motifs is 16. The number of carboxylic acid groups (broad SMARTS) is 2. The van der Waals surface area contributed by atoms with Crippen LogP contribution in [0, 0.1) is 0 Å². The van der Waals surface area contributed by atoms with Crippen molar-refractivity contribution in [3.8, 4) is 16.9 Å². The van der Waals surface area contributed by atoms with Gasteiger partial charge in [0.1, 0.15) is 29.9 Å². The average molecular weight is 789 g/mol. The zero-order valence-corrected chi connectivity index (χ0v) is 31.4. The molecule has 7 rings (SSSR count). The van der Waals surface area contributed by atoms with Crippen LogP contribution in [-0.2, 0) is 49.7 Å². The lowest BCUT2D eigenvalue weighted by Crippen LogP contribution is -2.59. The molecule has 0 saturated carbocycles. The molecule has 0 saturated heterocycles. The third kappa shape index (κ3) is 11.1. The number of hydrogen-bond donors (Lipinski definition) is 6. The van der Waals surface area contributed by atoms with E-state index >= 15 is 0 Å². The molecule has 4 amide bonds. The Morgan fingerprint density at radius 3 is 1.74 bits per heavy atom. The average Bonchev–Trinajstić information content (AvgIpc) is 3.73. The number of carbonyl (C=O) groups excluding carboxylic acids is 4. The quantitative estimate of drug-likeness (QED) is 0.120. The number of carboxylic acids is 2. The van der Waals surface area contributed by atoms with Gasteiger partial charge in [0.15, 0.2) is 6.61 Å². The van der Waals surface area contributed by atoms with Crippen LogP contribution in [0.15, 0.2) is 121 Å². The Morgan fingerprint density at radius 1 is 0.614 bits per heavy atom. The van der Waals surface area contributed by atoms with E-state index in [4.69, 9.17) is 4.74 Å². The predicted molar refractivity (Wildman–Crippen MR) is 212 cm³/mol. The van der Waals surface area contributed by atoms with Gasteiger partial charge in [-0.3, -0.25) is 19.2 Å². The highest BCUT2D eigenvalue weighted by Gasteiger charge is 2.32. The van der Waals surface area contributed by atoms with Crippen LogP contribution >= 0.6 is 11.3 Å². The number of amides is 4. The standard InChI is InChI=1S/C43H40N4O9S/c48-38-25-56-32-18-10-28(11-19-32)23-37(43(54)55)47-40(50)34(21-26-5-2-1-3-6-26)45-39(49)35(46-41(51)36(44-38)24-33-7-4-20-57-33)22-27-8-12-29(13-9-27)30-14-16-31(17-15-30)42(52)53/h1-20,34-37H,21-25H2,(H,44,48)(H,45,49)(H,46,51)(H,47,50)(H,52,53)(H,54,55)/t34-,35-,36-,37-/m0/s1. The van der Waals surface area contributed by atoms with Crippen LogP contribution < -0.4 is 26.0 Å². The SMILES string of the molecule is O=C1COc2ccc(cc2)C[C@@H](C(=O)O)NC(=O)[C@H](Cc2ccccc2)NC(=O)[C@H](Cc2ccc(-c3ccc(C(=O)O)cc3)cc2)NC(=O)[C@H](Cc2cccs2)N1. The van der Waals surface area contributed by atoms with Gasteiger partial charge in [0, 0.05) is 30.6 Å². The highest BCUT2D eigenvalue weighted by Crippen LogP contribution is 2.22. The molecule has 0 fully saturated rings. The zero-order valence-electron chi connectivity index (χ0n) is 30.6. The molecular formula is C43H40N4O9S. The first-order valence-electron chi connectivity index (χ1n) is 18.1. The molecule has 4 aromatic carbocycles. The molecule has 57 heavy (non-hydrogen) atoms. The summed E-state index contributed by atoms with van der Waals surface area (Å²) in [4.78, 5) is 80.1. The van der Waals surface area contributed by atoms with E-state index in [9.17, 15) is 39.0 Å². The molecule has 0 aliphatic carbocycles. The van der Waals surface area contributed by atoms with Gasteiger partial charge in [-0.2, -0.15) is 0 Å². The van der Waals surface area contributed by atoms with Crippen molar-refractivity contribution in [2.24, 2.45) is 0 Å². The first kappa shape index (κ1) is 39.9. The third-order valence-corrected chi connectivity index (χ3v) is 10.3. The number of rotatable bonds is 9. The van der Waals surface area contributed by atoms with Crippen molar-refractivity contribution in [1.82, 2.24) is 21.3 Å².